The normalized spacial score (nSPS) is 9.35. The molecule has 0 unspecified atom stereocenters. The van der Waals surface area contributed by atoms with Gasteiger partial charge >= 0.3 is 11.6 Å². The predicted octanol–water partition coefficient (Wildman–Crippen LogP) is 4.12. The molecule has 0 atom stereocenters. The van der Waals surface area contributed by atoms with Gasteiger partial charge in [0, 0.05) is 0 Å². The summed E-state index contributed by atoms with van der Waals surface area (Å²) in [6.45, 7) is 26.4. The van der Waals surface area contributed by atoms with E-state index in [0.29, 0.717) is 0 Å². The van der Waals surface area contributed by atoms with Crippen LogP contribution in [-0.2, 0) is 0 Å². The molecule has 0 saturated carbocycles. The third-order valence-corrected chi connectivity index (χ3v) is 5.47. The fraction of sp³-hybridized carbons (Fsp3) is 0. The van der Waals surface area contributed by atoms with Crippen LogP contribution in [0.4, 0.5) is 43.9 Å². The first-order chi connectivity index (χ1) is 21.7. The van der Waals surface area contributed by atoms with E-state index < -0.39 is 113 Å². The van der Waals surface area contributed by atoms with Crippen molar-refractivity contribution in [2.24, 2.45) is 0 Å². The average Bonchev–Trinajstić information content (AvgIpc) is 3.05. The third-order valence-electron chi connectivity index (χ3n) is 5.47. The topological polar surface area (TPSA) is 113 Å². The van der Waals surface area contributed by atoms with E-state index in [9.17, 15) is 43.9 Å². The van der Waals surface area contributed by atoms with Crippen LogP contribution in [0.1, 0.15) is 0 Å². The lowest BCUT2D eigenvalue weighted by Gasteiger charge is -2.08. The highest BCUT2D eigenvalue weighted by atomic mass is 19.2. The average molecular weight is 638 g/mol. The molecule has 222 valence electrons. The second-order valence-electron chi connectivity index (χ2n) is 7.68. The molecule has 3 aromatic rings. The van der Waals surface area contributed by atoms with E-state index in [1.807, 2.05) is 0 Å². The van der Waals surface area contributed by atoms with Crippen molar-refractivity contribution in [1.82, 2.24) is 0 Å². The highest BCUT2D eigenvalue weighted by Crippen LogP contribution is 2.27. The highest BCUT2D eigenvalue weighted by Gasteiger charge is 2.30. The third kappa shape index (κ3) is 5.42. The molecule has 0 aliphatic rings. The number of benzene rings is 3. The molecule has 0 bridgehead atoms. The van der Waals surface area contributed by atoms with E-state index in [4.69, 9.17) is 47.3 Å². The molecule has 46 heavy (non-hydrogen) atoms. The Kier molecular flexibility index (Phi) is 10.4. The van der Waals surface area contributed by atoms with Crippen LogP contribution >= 0.6 is 0 Å². The Morgan fingerprint density at radius 1 is 0.370 bits per heavy atom. The Balaban J connectivity index is 0.000000332. The van der Waals surface area contributed by atoms with E-state index in [0.717, 1.165) is 24.3 Å². The molecule has 0 aromatic heterocycles. The van der Waals surface area contributed by atoms with Gasteiger partial charge < -0.3 is 0 Å². The minimum absolute atomic E-state index is 1.05. The zero-order valence-electron chi connectivity index (χ0n) is 21.4. The minimum atomic E-state index is -2.22. The van der Waals surface area contributed by atoms with E-state index in [1.54, 1.807) is 0 Å². The van der Waals surface area contributed by atoms with Gasteiger partial charge in [0.15, 0.2) is 46.5 Å². The summed E-state index contributed by atoms with van der Waals surface area (Å²) in [6.07, 6.45) is 0. The van der Waals surface area contributed by atoms with Gasteiger partial charge in [-0.05, 0) is 0 Å². The van der Waals surface area contributed by atoms with Crippen molar-refractivity contribution in [3.05, 3.63) is 125 Å². The van der Waals surface area contributed by atoms with Crippen molar-refractivity contribution in [3.63, 3.8) is 0 Å². The second-order valence-corrected chi connectivity index (χ2v) is 7.68. The lowest BCUT2D eigenvalue weighted by Crippen LogP contribution is -2.30. The van der Waals surface area contributed by atoms with Gasteiger partial charge in [0.2, 0.25) is 0 Å². The van der Waals surface area contributed by atoms with Gasteiger partial charge in [-0.1, -0.05) is 0 Å². The summed E-state index contributed by atoms with van der Waals surface area (Å²) < 4.78 is 140. The zero-order valence-corrected chi connectivity index (χ0v) is 21.4. The molecule has 18 heteroatoms. The maximum Gasteiger partial charge on any atom is 0.532 e. The van der Waals surface area contributed by atoms with Gasteiger partial charge in [-0.2, -0.15) is 40.4 Å². The first-order valence-electron chi connectivity index (χ1n) is 10.8. The molecule has 8 nitrogen and oxygen atoms in total. The Morgan fingerprint density at radius 3 is 0.891 bits per heavy atom. The lowest BCUT2D eigenvalue weighted by molar-refractivity contribution is 0.434. The van der Waals surface area contributed by atoms with Crippen LogP contribution in [-0.4, -0.2) is 0 Å². The smallest absolute Gasteiger partial charge is 0.207 e. The maximum atomic E-state index is 14.4. The van der Waals surface area contributed by atoms with Crippen molar-refractivity contribution in [1.29, 1.82) is 21.0 Å². The Morgan fingerprint density at radius 2 is 0.587 bits per heavy atom. The van der Waals surface area contributed by atoms with Crippen LogP contribution in [0.5, 0.6) is 0 Å². The first kappa shape index (κ1) is 34.8. The number of hydrogen-bond donors (Lipinski definition) is 0. The number of hydrogen-bond acceptors (Lipinski definition) is 4. The van der Waals surface area contributed by atoms with Crippen molar-refractivity contribution in [3.8, 4) is 24.3 Å². The maximum absolute atomic E-state index is 14.4. The standard InChI is InChI=1S/C16F6N4.C12F4N4/c1-25-16(26-2)9-11(18)8-7(14(21)15(9)22)10(17)6(5(3-23)4-24)12(19)13(8)20;1-19-12(20-2)7-10(15)8(13)6(5(3-17)4-18)9(14)11(7)16. The molecule has 0 N–H and O–H groups in total. The van der Waals surface area contributed by atoms with E-state index in [2.05, 4.69) is 19.4 Å². The molecule has 3 aromatic carbocycles. The second kappa shape index (κ2) is 13.7. The quantitative estimate of drug-likeness (QED) is 0.210. The summed E-state index contributed by atoms with van der Waals surface area (Å²) in [7, 11) is 0. The largest absolute Gasteiger partial charge is 0.532 e. The Labute approximate surface area is 247 Å². The van der Waals surface area contributed by atoms with Gasteiger partial charge in [0.05, 0.1) is 21.2 Å². The van der Waals surface area contributed by atoms with Crippen LogP contribution in [0.3, 0.4) is 0 Å². The molecule has 0 heterocycles. The highest BCUT2D eigenvalue weighted by molar-refractivity contribution is 5.88. The summed E-state index contributed by atoms with van der Waals surface area (Å²) in [5.41, 5.74) is -2.46. The Bertz CT molecular complexity index is 2250. The van der Waals surface area contributed by atoms with Gasteiger partial charge in [0.25, 0.3) is 0 Å². The minimum Gasteiger partial charge on any atom is -0.207 e. The molecule has 0 radical (unpaired) electrons. The lowest BCUT2D eigenvalue weighted by atomic mass is 10.0. The molecule has 0 spiro atoms. The van der Waals surface area contributed by atoms with Gasteiger partial charge in [-0.15, -0.1) is 0 Å². The molecule has 0 amide bonds. The molecular formula is C28F10N8. The summed E-state index contributed by atoms with van der Waals surface area (Å²) in [5.74, 6) is -23.5. The number of fused-ring (bicyclic) bond motifs is 1. The monoisotopic (exact) mass is 638 g/mol. The molecule has 0 aliphatic heterocycles. The van der Waals surface area contributed by atoms with Crippen LogP contribution in [0, 0.1) is 130 Å². The van der Waals surface area contributed by atoms with Gasteiger partial charge in [-0.25, -0.2) is 43.9 Å². The summed E-state index contributed by atoms with van der Waals surface area (Å²) in [6, 6.07) is 4.30. The van der Waals surface area contributed by atoms with Crippen LogP contribution in [0.15, 0.2) is 0 Å². The SMILES string of the molecule is [C-]#[N+]C([N+]#[C-])=c1c(F)c(F)c(=C(C#N)C#N)c(F)c1F.[C-]#[N+]C([N+]#[C-])=c1c(F)c(F)c2c(F)c(=C(C#N)C#N)c(F)c(F)c2c1F. The van der Waals surface area contributed by atoms with E-state index in [-0.39, 0.29) is 0 Å². The van der Waals surface area contributed by atoms with Crippen molar-refractivity contribution >= 4 is 33.6 Å². The number of nitriles is 4. The summed E-state index contributed by atoms with van der Waals surface area (Å²) >= 11 is 0. The van der Waals surface area contributed by atoms with Crippen LogP contribution < -0.4 is 20.9 Å². The van der Waals surface area contributed by atoms with Crippen LogP contribution in [0.25, 0.3) is 52.9 Å². The first-order valence-corrected chi connectivity index (χ1v) is 10.8. The molecular weight excluding hydrogens is 638 g/mol. The molecule has 0 saturated heterocycles. The number of halogens is 10. The molecule has 3 rings (SSSR count). The Hall–Kier alpha value is -7.38. The predicted molar refractivity (Wildman–Crippen MR) is 131 cm³/mol. The van der Waals surface area contributed by atoms with E-state index >= 15 is 0 Å². The zero-order chi connectivity index (χ0) is 35.2. The van der Waals surface area contributed by atoms with Gasteiger partial charge in [-0.3, -0.25) is 0 Å². The molecule has 0 aliphatic carbocycles. The summed E-state index contributed by atoms with van der Waals surface area (Å²) in [4.78, 5) is 9.83. The fourth-order valence-electron chi connectivity index (χ4n) is 3.52. The van der Waals surface area contributed by atoms with Crippen molar-refractivity contribution in [2.45, 2.75) is 0 Å². The number of rotatable bonds is 0. The van der Waals surface area contributed by atoms with Crippen molar-refractivity contribution in [2.75, 3.05) is 0 Å². The number of nitrogens with zero attached hydrogens (tertiary/aromatic N) is 8. The molecule has 0 fully saturated rings. The fourth-order valence-corrected chi connectivity index (χ4v) is 3.52. The van der Waals surface area contributed by atoms with Crippen LogP contribution in [0.2, 0.25) is 0 Å². The summed E-state index contributed by atoms with van der Waals surface area (Å²) in [5, 5.41) is 24.8. The van der Waals surface area contributed by atoms with Gasteiger partial charge in [0.1, 0.15) is 83.8 Å². The van der Waals surface area contributed by atoms with Crippen molar-refractivity contribution < 1.29 is 43.9 Å². The van der Waals surface area contributed by atoms with E-state index in [1.165, 1.54) is 0 Å².